The maximum absolute atomic E-state index is 5.56. The molecule has 3 aromatic rings. The van der Waals surface area contributed by atoms with Gasteiger partial charge in [-0.25, -0.2) is 0 Å². The maximum Gasteiger partial charge on any atom is 0.191 e. The van der Waals surface area contributed by atoms with Crippen molar-refractivity contribution < 1.29 is 13.9 Å². The van der Waals surface area contributed by atoms with Gasteiger partial charge in [0.05, 0.1) is 33.1 Å². The second kappa shape index (κ2) is 9.27. The first kappa shape index (κ1) is 19.0. The van der Waals surface area contributed by atoms with Crippen LogP contribution in [-0.2, 0) is 11.3 Å². The van der Waals surface area contributed by atoms with E-state index in [1.807, 2.05) is 36.4 Å². The number of aromatic nitrogens is 3. The lowest BCUT2D eigenvalue weighted by Gasteiger charge is -2.26. The summed E-state index contributed by atoms with van der Waals surface area (Å²) >= 11 is 1.72. The molecule has 0 N–H and O–H groups in total. The molecular weight excluding hydrogens is 376 g/mol. The fourth-order valence-electron chi connectivity index (χ4n) is 3.16. The van der Waals surface area contributed by atoms with Gasteiger partial charge in [-0.1, -0.05) is 23.9 Å². The van der Waals surface area contributed by atoms with Crippen molar-refractivity contribution in [3.05, 3.63) is 48.4 Å². The Morgan fingerprint density at radius 3 is 2.82 bits per heavy atom. The highest BCUT2D eigenvalue weighted by atomic mass is 32.2. The number of benzene rings is 1. The molecule has 0 saturated carbocycles. The first-order chi connectivity index (χ1) is 13.8. The molecule has 1 fully saturated rings. The Kier molecular flexibility index (Phi) is 6.31. The van der Waals surface area contributed by atoms with Crippen molar-refractivity contribution in [2.45, 2.75) is 11.7 Å². The molecule has 0 unspecified atom stereocenters. The third-order valence-corrected chi connectivity index (χ3v) is 5.63. The summed E-state index contributed by atoms with van der Waals surface area (Å²) in [7, 11) is 1.67. The minimum Gasteiger partial charge on any atom is -0.497 e. The van der Waals surface area contributed by atoms with Gasteiger partial charge in [0.25, 0.3) is 0 Å². The summed E-state index contributed by atoms with van der Waals surface area (Å²) in [5.41, 5.74) is 0.971. The summed E-state index contributed by atoms with van der Waals surface area (Å²) in [6, 6.07) is 11.8. The van der Waals surface area contributed by atoms with Gasteiger partial charge < -0.3 is 13.9 Å². The van der Waals surface area contributed by atoms with Crippen molar-refractivity contribution in [3.63, 3.8) is 0 Å². The molecule has 1 aromatic carbocycles. The molecule has 7 nitrogen and oxygen atoms in total. The van der Waals surface area contributed by atoms with Gasteiger partial charge in [0.15, 0.2) is 11.0 Å². The van der Waals surface area contributed by atoms with E-state index < -0.39 is 0 Å². The van der Waals surface area contributed by atoms with Gasteiger partial charge in [-0.2, -0.15) is 0 Å². The van der Waals surface area contributed by atoms with E-state index >= 15 is 0 Å². The first-order valence-corrected chi connectivity index (χ1v) is 10.3. The van der Waals surface area contributed by atoms with Gasteiger partial charge in [-0.3, -0.25) is 9.47 Å². The lowest BCUT2D eigenvalue weighted by molar-refractivity contribution is 0.0410. The summed E-state index contributed by atoms with van der Waals surface area (Å²) in [5, 5.41) is 9.82. The maximum atomic E-state index is 5.56. The molecule has 1 aliphatic heterocycles. The molecule has 1 aliphatic rings. The summed E-state index contributed by atoms with van der Waals surface area (Å²) in [5.74, 6) is 3.43. The SMILES string of the molecule is COc1cccc(-c2nnc(SCCN3CCOCC3)n2Cc2ccco2)c1. The van der Waals surface area contributed by atoms with E-state index in [9.17, 15) is 0 Å². The highest BCUT2D eigenvalue weighted by Gasteiger charge is 2.17. The van der Waals surface area contributed by atoms with Crippen LogP contribution in [0.25, 0.3) is 11.4 Å². The van der Waals surface area contributed by atoms with Crippen LogP contribution >= 0.6 is 11.8 Å². The quantitative estimate of drug-likeness (QED) is 0.539. The molecule has 28 heavy (non-hydrogen) atoms. The second-order valence-corrected chi connectivity index (χ2v) is 7.57. The third kappa shape index (κ3) is 4.57. The number of hydrogen-bond acceptors (Lipinski definition) is 7. The summed E-state index contributed by atoms with van der Waals surface area (Å²) in [6.07, 6.45) is 1.69. The molecule has 8 heteroatoms. The monoisotopic (exact) mass is 400 g/mol. The second-order valence-electron chi connectivity index (χ2n) is 6.51. The van der Waals surface area contributed by atoms with Gasteiger partial charge in [-0.15, -0.1) is 10.2 Å². The Morgan fingerprint density at radius 1 is 1.14 bits per heavy atom. The van der Waals surface area contributed by atoms with Gasteiger partial charge in [-0.05, 0) is 24.3 Å². The predicted molar refractivity (Wildman–Crippen MR) is 108 cm³/mol. The Hall–Kier alpha value is -2.29. The van der Waals surface area contributed by atoms with E-state index in [2.05, 4.69) is 19.7 Å². The number of hydrogen-bond donors (Lipinski definition) is 0. The zero-order chi connectivity index (χ0) is 19.2. The fourth-order valence-corrected chi connectivity index (χ4v) is 4.10. The van der Waals surface area contributed by atoms with E-state index in [1.165, 1.54) is 0 Å². The van der Waals surface area contributed by atoms with Crippen molar-refractivity contribution >= 4 is 11.8 Å². The summed E-state index contributed by atoms with van der Waals surface area (Å²) in [4.78, 5) is 2.42. The van der Waals surface area contributed by atoms with Crippen LogP contribution in [0.15, 0.2) is 52.2 Å². The van der Waals surface area contributed by atoms with Crippen LogP contribution in [0.1, 0.15) is 5.76 Å². The molecule has 0 atom stereocenters. The smallest absolute Gasteiger partial charge is 0.191 e. The number of ether oxygens (including phenoxy) is 2. The van der Waals surface area contributed by atoms with E-state index in [1.54, 1.807) is 25.1 Å². The molecular formula is C20H24N4O3S. The highest BCUT2D eigenvalue weighted by Crippen LogP contribution is 2.27. The van der Waals surface area contributed by atoms with E-state index in [-0.39, 0.29) is 0 Å². The Balaban J connectivity index is 1.54. The lowest BCUT2D eigenvalue weighted by atomic mass is 10.2. The fraction of sp³-hybridized carbons (Fsp3) is 0.400. The van der Waals surface area contributed by atoms with Crippen molar-refractivity contribution in [3.8, 4) is 17.1 Å². The van der Waals surface area contributed by atoms with Gasteiger partial charge in [0, 0.05) is 31.0 Å². The molecule has 0 aliphatic carbocycles. The normalized spacial score (nSPS) is 15.0. The number of furan rings is 1. The average Bonchev–Trinajstić information content (AvgIpc) is 3.40. The van der Waals surface area contributed by atoms with Crippen molar-refractivity contribution in [1.82, 2.24) is 19.7 Å². The van der Waals surface area contributed by atoms with Crippen LogP contribution in [-0.4, -0.2) is 65.4 Å². The average molecular weight is 401 g/mol. The predicted octanol–water partition coefficient (Wildman–Crippen LogP) is 3.02. The molecule has 0 radical (unpaired) electrons. The van der Waals surface area contributed by atoms with E-state index in [0.717, 1.165) is 66.7 Å². The summed E-state index contributed by atoms with van der Waals surface area (Å²) in [6.45, 7) is 5.23. The van der Waals surface area contributed by atoms with E-state index in [4.69, 9.17) is 13.9 Å². The molecule has 2 aromatic heterocycles. The van der Waals surface area contributed by atoms with Crippen LogP contribution in [0.2, 0.25) is 0 Å². The van der Waals surface area contributed by atoms with Crippen LogP contribution in [0.3, 0.4) is 0 Å². The Bertz CT molecular complexity index is 875. The van der Waals surface area contributed by atoms with Crippen LogP contribution < -0.4 is 4.74 Å². The van der Waals surface area contributed by atoms with Crippen molar-refractivity contribution in [2.24, 2.45) is 0 Å². The lowest BCUT2D eigenvalue weighted by Crippen LogP contribution is -2.37. The first-order valence-electron chi connectivity index (χ1n) is 9.36. The molecule has 0 amide bonds. The number of morpholine rings is 1. The van der Waals surface area contributed by atoms with Crippen LogP contribution in [0, 0.1) is 0 Å². The molecule has 0 bridgehead atoms. The molecule has 3 heterocycles. The topological polar surface area (TPSA) is 65.6 Å². The Morgan fingerprint density at radius 2 is 2.04 bits per heavy atom. The molecule has 148 valence electrons. The number of thioether (sulfide) groups is 1. The van der Waals surface area contributed by atoms with Gasteiger partial charge in [0.1, 0.15) is 11.5 Å². The van der Waals surface area contributed by atoms with Crippen LogP contribution in [0.4, 0.5) is 0 Å². The minimum absolute atomic E-state index is 0.590. The van der Waals surface area contributed by atoms with E-state index in [0.29, 0.717) is 6.54 Å². The number of methoxy groups -OCH3 is 1. The zero-order valence-electron chi connectivity index (χ0n) is 15.9. The third-order valence-electron chi connectivity index (χ3n) is 4.68. The standard InChI is InChI=1S/C20H24N4O3S/c1-25-17-5-2-4-16(14-17)19-21-22-20(24(19)15-18-6-3-10-27-18)28-13-9-23-7-11-26-12-8-23/h2-6,10,14H,7-9,11-13,15H2,1H3. The molecule has 4 rings (SSSR count). The van der Waals surface area contributed by atoms with Crippen molar-refractivity contribution in [1.29, 1.82) is 0 Å². The Labute approximate surface area is 168 Å². The highest BCUT2D eigenvalue weighted by molar-refractivity contribution is 7.99. The zero-order valence-corrected chi connectivity index (χ0v) is 16.7. The number of nitrogens with zero attached hydrogens (tertiary/aromatic N) is 4. The largest absolute Gasteiger partial charge is 0.497 e. The van der Waals surface area contributed by atoms with Gasteiger partial charge in [0.2, 0.25) is 0 Å². The molecule has 1 saturated heterocycles. The molecule has 0 spiro atoms. The van der Waals surface area contributed by atoms with Gasteiger partial charge >= 0.3 is 0 Å². The van der Waals surface area contributed by atoms with Crippen molar-refractivity contribution in [2.75, 3.05) is 45.7 Å². The summed E-state index contributed by atoms with van der Waals surface area (Å²) < 4.78 is 18.5. The number of rotatable bonds is 8. The van der Waals surface area contributed by atoms with Crippen LogP contribution in [0.5, 0.6) is 5.75 Å². The minimum atomic E-state index is 0.590.